The van der Waals surface area contributed by atoms with Gasteiger partial charge >= 0.3 is 0 Å². The summed E-state index contributed by atoms with van der Waals surface area (Å²) in [7, 11) is -1.65. The second kappa shape index (κ2) is 14.0. The first-order valence-corrected chi connectivity index (χ1v) is 13.5. The Morgan fingerprint density at radius 3 is 2.48 bits per heavy atom. The van der Waals surface area contributed by atoms with Gasteiger partial charge in [-0.05, 0) is 44.9 Å². The predicted molar refractivity (Wildman–Crippen MR) is 118 cm³/mol. The third kappa shape index (κ3) is 10.1. The summed E-state index contributed by atoms with van der Waals surface area (Å²) < 4.78 is 35.6. The van der Waals surface area contributed by atoms with E-state index in [1.807, 2.05) is 0 Å². The fraction of sp³-hybridized carbons (Fsp3) is 1.00. The van der Waals surface area contributed by atoms with E-state index in [1.165, 1.54) is 38.5 Å². The smallest absolute Gasteiger partial charge is 0.267 e. The second-order valence-corrected chi connectivity index (χ2v) is 10.6. The number of methoxy groups -OCH3 is 1. The minimum absolute atomic E-state index is 0.0869. The maximum Gasteiger partial charge on any atom is 0.267 e. The molecule has 1 aliphatic carbocycles. The van der Waals surface area contributed by atoms with Crippen molar-refractivity contribution in [3.63, 3.8) is 0 Å². The molecule has 0 aromatic heterocycles. The van der Waals surface area contributed by atoms with Crippen LogP contribution in [0.5, 0.6) is 0 Å². The Bertz CT molecular complexity index is 523. The molecule has 2 atom stereocenters. The van der Waals surface area contributed by atoms with Crippen molar-refractivity contribution in [3.05, 3.63) is 0 Å². The van der Waals surface area contributed by atoms with Crippen LogP contribution in [0.1, 0.15) is 96.8 Å². The molecule has 1 heterocycles. The summed E-state index contributed by atoms with van der Waals surface area (Å²) in [4.78, 5) is 0. The molecule has 0 bridgehead atoms. The van der Waals surface area contributed by atoms with Crippen molar-refractivity contribution in [2.24, 2.45) is 0 Å². The van der Waals surface area contributed by atoms with Crippen LogP contribution in [-0.4, -0.2) is 57.6 Å². The summed E-state index contributed by atoms with van der Waals surface area (Å²) in [5.41, 5.74) is 3.71. The first-order chi connectivity index (χ1) is 14.0. The van der Waals surface area contributed by atoms with Crippen molar-refractivity contribution in [3.8, 4) is 0 Å². The van der Waals surface area contributed by atoms with Crippen molar-refractivity contribution in [2.45, 2.75) is 115 Å². The van der Waals surface area contributed by atoms with E-state index in [1.54, 1.807) is 7.11 Å². The monoisotopic (exact) mass is 432 g/mol. The summed E-state index contributed by atoms with van der Waals surface area (Å²) >= 11 is 0. The molecule has 0 aromatic carbocycles. The fourth-order valence-electron chi connectivity index (χ4n) is 4.62. The lowest BCUT2D eigenvalue weighted by Crippen LogP contribution is -2.48. The van der Waals surface area contributed by atoms with Crippen LogP contribution in [0.4, 0.5) is 0 Å². The lowest BCUT2D eigenvalue weighted by Gasteiger charge is -2.30. The lowest BCUT2D eigenvalue weighted by molar-refractivity contribution is 0.0674. The number of hydrogen-bond donors (Lipinski definition) is 1. The molecule has 2 aliphatic rings. The Kier molecular flexibility index (Phi) is 12.1. The maximum absolute atomic E-state index is 12.4. The van der Waals surface area contributed by atoms with Gasteiger partial charge in [0, 0.05) is 25.7 Å². The van der Waals surface area contributed by atoms with E-state index >= 15 is 0 Å². The molecule has 0 unspecified atom stereocenters. The second-order valence-electron chi connectivity index (χ2n) is 8.88. The number of hydrogen-bond acceptors (Lipinski definition) is 6. The van der Waals surface area contributed by atoms with Crippen LogP contribution in [0.3, 0.4) is 0 Å². The van der Waals surface area contributed by atoms with Crippen molar-refractivity contribution < 1.29 is 17.3 Å². The molecular weight excluding hydrogens is 388 g/mol. The molecule has 0 aromatic rings. The number of ether oxygens (including phenoxy) is 1. The zero-order valence-electron chi connectivity index (χ0n) is 18.7. The van der Waals surface area contributed by atoms with Gasteiger partial charge < -0.3 is 4.74 Å². The molecule has 29 heavy (non-hydrogen) atoms. The zero-order chi connectivity index (χ0) is 21.0. The van der Waals surface area contributed by atoms with E-state index in [0.717, 1.165) is 58.1 Å². The van der Waals surface area contributed by atoms with Crippen molar-refractivity contribution >= 4 is 10.1 Å². The summed E-state index contributed by atoms with van der Waals surface area (Å²) in [5, 5.41) is 2.33. The third-order valence-corrected chi connectivity index (χ3v) is 7.63. The molecule has 7 heteroatoms. The van der Waals surface area contributed by atoms with Gasteiger partial charge in [0.05, 0.1) is 18.5 Å². The van der Waals surface area contributed by atoms with Gasteiger partial charge in [0.15, 0.2) is 0 Å². The number of rotatable bonds is 15. The van der Waals surface area contributed by atoms with Gasteiger partial charge in [0.2, 0.25) is 0 Å². The Morgan fingerprint density at radius 1 is 1.00 bits per heavy atom. The average molecular weight is 433 g/mol. The minimum Gasteiger partial charge on any atom is -0.383 e. The normalized spacial score (nSPS) is 22.9. The number of unbranched alkanes of at least 4 members (excludes halogenated alkanes) is 3. The lowest BCUT2D eigenvalue weighted by atomic mass is 9.98. The van der Waals surface area contributed by atoms with E-state index in [9.17, 15) is 8.42 Å². The highest BCUT2D eigenvalue weighted by Crippen LogP contribution is 2.23. The molecule has 0 spiro atoms. The summed E-state index contributed by atoms with van der Waals surface area (Å²) in [5.74, 6) is 0.137. The van der Waals surface area contributed by atoms with Crippen LogP contribution >= 0.6 is 0 Å². The topological polar surface area (TPSA) is 67.9 Å². The highest BCUT2D eigenvalue weighted by atomic mass is 32.2. The van der Waals surface area contributed by atoms with E-state index in [-0.39, 0.29) is 11.9 Å². The van der Waals surface area contributed by atoms with Crippen molar-refractivity contribution in [1.29, 1.82) is 0 Å². The SMILES string of the molecule is CCCCCC[C@H](CCCS(=O)(=O)OC1CCCCC1)NN1CCC[C@H]1COC. The molecule has 0 radical (unpaired) electrons. The molecule has 1 saturated carbocycles. The third-order valence-electron chi connectivity index (χ3n) is 6.27. The average Bonchev–Trinajstić information content (AvgIpc) is 3.12. The quantitative estimate of drug-likeness (QED) is 0.306. The minimum atomic E-state index is -3.41. The molecule has 1 saturated heterocycles. The largest absolute Gasteiger partial charge is 0.383 e. The highest BCUT2D eigenvalue weighted by molar-refractivity contribution is 7.86. The molecule has 1 N–H and O–H groups in total. The Balaban J connectivity index is 1.79. The number of nitrogens with one attached hydrogen (secondary N) is 1. The molecular formula is C22H44N2O4S. The maximum atomic E-state index is 12.4. The molecule has 1 aliphatic heterocycles. The van der Waals surface area contributed by atoms with Gasteiger partial charge in [-0.1, -0.05) is 51.9 Å². The van der Waals surface area contributed by atoms with Gasteiger partial charge in [-0.25, -0.2) is 5.01 Å². The van der Waals surface area contributed by atoms with E-state index < -0.39 is 10.1 Å². The van der Waals surface area contributed by atoms with E-state index in [2.05, 4.69) is 17.4 Å². The first-order valence-electron chi connectivity index (χ1n) is 12.0. The van der Waals surface area contributed by atoms with Crippen LogP contribution in [0.15, 0.2) is 0 Å². The van der Waals surface area contributed by atoms with Crippen LogP contribution in [0.25, 0.3) is 0 Å². The fourth-order valence-corrected chi connectivity index (χ4v) is 5.84. The van der Waals surface area contributed by atoms with Crippen LogP contribution in [0, 0.1) is 0 Å². The van der Waals surface area contributed by atoms with Gasteiger partial charge in [-0.3, -0.25) is 9.61 Å². The van der Waals surface area contributed by atoms with E-state index in [0.29, 0.717) is 18.5 Å². The van der Waals surface area contributed by atoms with Crippen LogP contribution in [0.2, 0.25) is 0 Å². The van der Waals surface area contributed by atoms with Crippen molar-refractivity contribution in [2.75, 3.05) is 26.0 Å². The summed E-state index contributed by atoms with van der Waals surface area (Å²) in [6.07, 6.45) is 15.0. The summed E-state index contributed by atoms with van der Waals surface area (Å²) in [6.45, 7) is 4.02. The van der Waals surface area contributed by atoms with Gasteiger partial charge in [0.25, 0.3) is 10.1 Å². The van der Waals surface area contributed by atoms with Gasteiger partial charge in [0.1, 0.15) is 0 Å². The number of nitrogens with zero attached hydrogens (tertiary/aromatic N) is 1. The Morgan fingerprint density at radius 2 is 1.76 bits per heavy atom. The predicted octanol–water partition coefficient (Wildman–Crippen LogP) is 4.40. The molecule has 0 amide bonds. The first kappa shape index (κ1) is 25.1. The Labute approximate surface area is 179 Å². The Hall–Kier alpha value is -0.210. The van der Waals surface area contributed by atoms with Crippen molar-refractivity contribution in [1.82, 2.24) is 10.4 Å². The molecule has 2 fully saturated rings. The van der Waals surface area contributed by atoms with Gasteiger partial charge in [-0.15, -0.1) is 0 Å². The van der Waals surface area contributed by atoms with Crippen LogP contribution < -0.4 is 5.43 Å². The van der Waals surface area contributed by atoms with Crippen LogP contribution in [-0.2, 0) is 19.0 Å². The molecule has 6 nitrogen and oxygen atoms in total. The standard InChI is InChI=1S/C22H44N2O4S/c1-3-4-5-7-12-20(23-24-17-10-14-21(24)19-27-2)13-11-18-29(25,26)28-22-15-8-6-9-16-22/h20-23H,3-19H2,1-2H3/t20-,21+/m1/s1. The highest BCUT2D eigenvalue weighted by Gasteiger charge is 2.27. The molecule has 172 valence electrons. The van der Waals surface area contributed by atoms with E-state index in [4.69, 9.17) is 8.92 Å². The van der Waals surface area contributed by atoms with Gasteiger partial charge in [-0.2, -0.15) is 8.42 Å². The summed E-state index contributed by atoms with van der Waals surface area (Å²) in [6, 6.07) is 0.755. The zero-order valence-corrected chi connectivity index (χ0v) is 19.6. The molecule has 2 rings (SSSR count). The number of hydrazine groups is 1.